The van der Waals surface area contributed by atoms with E-state index in [0.717, 1.165) is 17.2 Å². The van der Waals surface area contributed by atoms with Crippen molar-refractivity contribution in [1.82, 2.24) is 5.32 Å². The second-order valence-electron chi connectivity index (χ2n) is 3.68. The zero-order valence-corrected chi connectivity index (χ0v) is 9.14. The van der Waals surface area contributed by atoms with E-state index in [2.05, 4.69) is 5.32 Å². The minimum Gasteiger partial charge on any atom is -0.310 e. The number of hydrogen-bond donors (Lipinski definition) is 1. The zero-order valence-electron chi connectivity index (χ0n) is 9.14. The second-order valence-corrected chi connectivity index (χ2v) is 3.68. The first-order chi connectivity index (χ1) is 7.04. The van der Waals surface area contributed by atoms with Crippen LogP contribution in [0.25, 0.3) is 0 Å². The third-order valence-electron chi connectivity index (χ3n) is 2.11. The van der Waals surface area contributed by atoms with Crippen LogP contribution in [0.1, 0.15) is 25.5 Å². The summed E-state index contributed by atoms with van der Waals surface area (Å²) >= 11 is 0. The van der Waals surface area contributed by atoms with Gasteiger partial charge in [0.05, 0.1) is 6.04 Å². The van der Waals surface area contributed by atoms with Crippen LogP contribution in [-0.2, 0) is 0 Å². The van der Waals surface area contributed by atoms with Gasteiger partial charge in [0, 0.05) is 0 Å². The molecule has 1 unspecified atom stereocenters. The van der Waals surface area contributed by atoms with Crippen molar-refractivity contribution in [3.63, 3.8) is 0 Å². The Labute approximate surface area is 88.8 Å². The molecule has 0 aliphatic carbocycles. The van der Waals surface area contributed by atoms with Gasteiger partial charge in [-0.2, -0.15) is 0 Å². The lowest BCUT2D eigenvalue weighted by atomic mass is 10.0. The standard InChI is InChI=1S/C12H15F2N/c1-8(2)6-12(15-3)9-4-5-10(13)11(14)7-9/h4-7,12,15H,1-3H3. The molecule has 0 saturated carbocycles. The van der Waals surface area contributed by atoms with Gasteiger partial charge in [0.1, 0.15) is 0 Å². The van der Waals surface area contributed by atoms with Crippen molar-refractivity contribution >= 4 is 0 Å². The lowest BCUT2D eigenvalue weighted by molar-refractivity contribution is 0.505. The van der Waals surface area contributed by atoms with E-state index in [1.165, 1.54) is 6.07 Å². The molecule has 1 nitrogen and oxygen atoms in total. The van der Waals surface area contributed by atoms with Gasteiger partial charge in [0.2, 0.25) is 0 Å². The molecule has 1 N–H and O–H groups in total. The molecule has 0 spiro atoms. The molecule has 0 bridgehead atoms. The fourth-order valence-corrected chi connectivity index (χ4v) is 1.39. The molecule has 0 aromatic heterocycles. The van der Waals surface area contributed by atoms with Crippen molar-refractivity contribution in [2.24, 2.45) is 0 Å². The van der Waals surface area contributed by atoms with E-state index in [-0.39, 0.29) is 6.04 Å². The highest BCUT2D eigenvalue weighted by Gasteiger charge is 2.09. The summed E-state index contributed by atoms with van der Waals surface area (Å²) in [5, 5.41) is 3.03. The van der Waals surface area contributed by atoms with Crippen molar-refractivity contribution in [1.29, 1.82) is 0 Å². The highest BCUT2D eigenvalue weighted by atomic mass is 19.2. The Morgan fingerprint density at radius 3 is 2.40 bits per heavy atom. The molecular weight excluding hydrogens is 196 g/mol. The van der Waals surface area contributed by atoms with Crippen LogP contribution in [0.15, 0.2) is 29.8 Å². The average Bonchev–Trinajstić information content (AvgIpc) is 2.18. The molecule has 0 fully saturated rings. The van der Waals surface area contributed by atoms with Gasteiger partial charge in [-0.25, -0.2) is 8.78 Å². The minimum atomic E-state index is -0.814. The molecule has 0 heterocycles. The predicted molar refractivity (Wildman–Crippen MR) is 57.6 cm³/mol. The Balaban J connectivity index is 3.03. The molecule has 1 rings (SSSR count). The van der Waals surface area contributed by atoms with Gasteiger partial charge in [0.15, 0.2) is 11.6 Å². The number of benzene rings is 1. The Kier molecular flexibility index (Phi) is 3.97. The maximum atomic E-state index is 13.0. The molecule has 0 aliphatic rings. The fraction of sp³-hybridized carbons (Fsp3) is 0.333. The van der Waals surface area contributed by atoms with Crippen LogP contribution in [0, 0.1) is 11.6 Å². The van der Waals surface area contributed by atoms with Crippen LogP contribution < -0.4 is 5.32 Å². The monoisotopic (exact) mass is 211 g/mol. The van der Waals surface area contributed by atoms with Gasteiger partial charge in [-0.3, -0.25) is 0 Å². The van der Waals surface area contributed by atoms with E-state index in [1.54, 1.807) is 13.1 Å². The molecule has 1 atom stereocenters. The summed E-state index contributed by atoms with van der Waals surface area (Å²) in [7, 11) is 1.78. The Morgan fingerprint density at radius 1 is 1.27 bits per heavy atom. The van der Waals surface area contributed by atoms with E-state index < -0.39 is 11.6 Å². The summed E-state index contributed by atoms with van der Waals surface area (Å²) in [4.78, 5) is 0. The summed E-state index contributed by atoms with van der Waals surface area (Å²) in [6, 6.07) is 3.87. The van der Waals surface area contributed by atoms with Crippen LogP contribution in [0.2, 0.25) is 0 Å². The van der Waals surface area contributed by atoms with E-state index >= 15 is 0 Å². The first kappa shape index (κ1) is 11.9. The Hall–Kier alpha value is -1.22. The predicted octanol–water partition coefficient (Wildman–Crippen LogP) is 3.19. The molecule has 15 heavy (non-hydrogen) atoms. The van der Waals surface area contributed by atoms with Crippen LogP contribution in [0.5, 0.6) is 0 Å². The number of nitrogens with one attached hydrogen (secondary N) is 1. The van der Waals surface area contributed by atoms with Gasteiger partial charge >= 0.3 is 0 Å². The van der Waals surface area contributed by atoms with E-state index in [9.17, 15) is 8.78 Å². The molecule has 0 aliphatic heterocycles. The lowest BCUT2D eigenvalue weighted by Crippen LogP contribution is -2.14. The lowest BCUT2D eigenvalue weighted by Gasteiger charge is -2.13. The molecule has 82 valence electrons. The summed E-state index contributed by atoms with van der Waals surface area (Å²) in [5.41, 5.74) is 1.84. The zero-order chi connectivity index (χ0) is 11.4. The van der Waals surface area contributed by atoms with Crippen LogP contribution in [0.4, 0.5) is 8.78 Å². The summed E-state index contributed by atoms with van der Waals surface area (Å²) in [6.45, 7) is 3.93. The van der Waals surface area contributed by atoms with Crippen LogP contribution in [-0.4, -0.2) is 7.05 Å². The maximum absolute atomic E-state index is 13.0. The second kappa shape index (κ2) is 5.03. The summed E-state index contributed by atoms with van der Waals surface area (Å²) in [5.74, 6) is -1.62. The van der Waals surface area contributed by atoms with E-state index in [1.807, 2.05) is 19.9 Å². The number of allylic oxidation sites excluding steroid dienone is 1. The summed E-state index contributed by atoms with van der Waals surface area (Å²) < 4.78 is 25.7. The van der Waals surface area contributed by atoms with Gasteiger partial charge in [-0.1, -0.05) is 17.7 Å². The van der Waals surface area contributed by atoms with Crippen LogP contribution >= 0.6 is 0 Å². The Morgan fingerprint density at radius 2 is 1.93 bits per heavy atom. The average molecular weight is 211 g/mol. The van der Waals surface area contributed by atoms with Crippen LogP contribution in [0.3, 0.4) is 0 Å². The minimum absolute atomic E-state index is 0.0786. The molecule has 3 heteroatoms. The molecule has 1 aromatic rings. The number of halogens is 2. The van der Waals surface area contributed by atoms with Gasteiger partial charge in [-0.05, 0) is 38.6 Å². The quantitative estimate of drug-likeness (QED) is 0.757. The SMILES string of the molecule is CNC(C=C(C)C)c1ccc(F)c(F)c1. The fourth-order valence-electron chi connectivity index (χ4n) is 1.39. The van der Waals surface area contributed by atoms with E-state index in [4.69, 9.17) is 0 Å². The van der Waals surface area contributed by atoms with E-state index in [0.29, 0.717) is 0 Å². The molecule has 0 saturated heterocycles. The van der Waals surface area contributed by atoms with Crippen molar-refractivity contribution in [3.05, 3.63) is 47.0 Å². The molecular formula is C12H15F2N. The Bertz CT molecular complexity index is 368. The number of hydrogen-bond acceptors (Lipinski definition) is 1. The molecule has 0 radical (unpaired) electrons. The smallest absolute Gasteiger partial charge is 0.159 e. The largest absolute Gasteiger partial charge is 0.310 e. The van der Waals surface area contributed by atoms with Gasteiger partial charge in [0.25, 0.3) is 0 Å². The van der Waals surface area contributed by atoms with Gasteiger partial charge < -0.3 is 5.32 Å². The van der Waals surface area contributed by atoms with Crippen molar-refractivity contribution < 1.29 is 8.78 Å². The van der Waals surface area contributed by atoms with Crippen molar-refractivity contribution in [2.75, 3.05) is 7.05 Å². The number of likely N-dealkylation sites (N-methyl/N-ethyl adjacent to an activating group) is 1. The van der Waals surface area contributed by atoms with Crippen molar-refractivity contribution in [2.45, 2.75) is 19.9 Å². The third kappa shape index (κ3) is 3.13. The highest BCUT2D eigenvalue weighted by molar-refractivity contribution is 5.25. The topological polar surface area (TPSA) is 12.0 Å². The maximum Gasteiger partial charge on any atom is 0.159 e. The third-order valence-corrected chi connectivity index (χ3v) is 2.11. The first-order valence-corrected chi connectivity index (χ1v) is 4.82. The molecule has 0 amide bonds. The summed E-state index contributed by atoms with van der Waals surface area (Å²) in [6.07, 6.45) is 1.96. The highest BCUT2D eigenvalue weighted by Crippen LogP contribution is 2.18. The number of rotatable bonds is 3. The van der Waals surface area contributed by atoms with Crippen molar-refractivity contribution in [3.8, 4) is 0 Å². The first-order valence-electron chi connectivity index (χ1n) is 4.82. The van der Waals surface area contributed by atoms with Gasteiger partial charge in [-0.15, -0.1) is 0 Å². The normalized spacial score (nSPS) is 12.3. The molecule has 1 aromatic carbocycles.